The van der Waals surface area contributed by atoms with Gasteiger partial charge in [0.25, 0.3) is 10.0 Å². The molecule has 100 valence electrons. The summed E-state index contributed by atoms with van der Waals surface area (Å²) in [6, 6.07) is 8.76. The maximum Gasteiger partial charge on any atom is 0.270 e. The fourth-order valence-electron chi connectivity index (χ4n) is 1.39. The van der Waals surface area contributed by atoms with Crippen LogP contribution in [0.2, 0.25) is 0 Å². The van der Waals surface area contributed by atoms with Gasteiger partial charge in [-0.05, 0) is 25.0 Å². The molecule has 0 saturated carbocycles. The van der Waals surface area contributed by atoms with E-state index in [0.717, 1.165) is 12.8 Å². The molecule has 0 aromatic heterocycles. The van der Waals surface area contributed by atoms with Gasteiger partial charge in [-0.2, -0.15) is 0 Å². The Morgan fingerprint density at radius 2 is 1.67 bits per heavy atom. The van der Waals surface area contributed by atoms with Gasteiger partial charge >= 0.3 is 0 Å². The minimum atomic E-state index is -3.47. The maximum atomic E-state index is 11.5. The normalized spacial score (nSPS) is 12.1. The number of nitrogens with zero attached hydrogens (tertiary/aromatic N) is 2. The van der Waals surface area contributed by atoms with E-state index in [0.29, 0.717) is 18.5 Å². The summed E-state index contributed by atoms with van der Waals surface area (Å²) in [7, 11) is -3.47. The van der Waals surface area contributed by atoms with Crippen molar-refractivity contribution in [1.29, 1.82) is 0 Å². The molecule has 1 aromatic rings. The van der Waals surface area contributed by atoms with Crippen molar-refractivity contribution in [3.63, 3.8) is 0 Å². The van der Waals surface area contributed by atoms with Gasteiger partial charge in [0, 0.05) is 6.61 Å². The van der Waals surface area contributed by atoms with Crippen LogP contribution in [0, 0.1) is 0 Å². The van der Waals surface area contributed by atoms with Crippen molar-refractivity contribution in [2.45, 2.75) is 25.7 Å². The van der Waals surface area contributed by atoms with Crippen LogP contribution in [0.3, 0.4) is 0 Å². The third-order valence-corrected chi connectivity index (χ3v) is 3.48. The summed E-state index contributed by atoms with van der Waals surface area (Å²) in [5.74, 6) is 0.00869. The Labute approximate surface area is 108 Å². The van der Waals surface area contributed by atoms with Gasteiger partial charge in [0.15, 0.2) is 0 Å². The Balaban J connectivity index is 2.38. The molecule has 0 fully saturated rings. The molecular formula is C12H18N2O3S. The number of sulfonamides is 1. The molecule has 0 heterocycles. The van der Waals surface area contributed by atoms with Crippen LogP contribution in [-0.2, 0) is 10.0 Å². The Hall–Kier alpha value is -1.27. The summed E-state index contributed by atoms with van der Waals surface area (Å²) in [5.41, 5.74) is 0.529. The van der Waals surface area contributed by atoms with Crippen molar-refractivity contribution in [2.75, 3.05) is 12.4 Å². The van der Waals surface area contributed by atoms with Gasteiger partial charge in [-0.1, -0.05) is 35.6 Å². The molecule has 0 saturated heterocycles. The highest BCUT2D eigenvalue weighted by Gasteiger charge is 2.07. The summed E-state index contributed by atoms with van der Waals surface area (Å²) in [5, 5.41) is 12.3. The minimum absolute atomic E-state index is 0.00869. The molecule has 0 spiro atoms. The van der Waals surface area contributed by atoms with Crippen molar-refractivity contribution in [2.24, 2.45) is 9.63 Å². The quantitative estimate of drug-likeness (QED) is 0.582. The Kier molecular flexibility index (Phi) is 6.53. The van der Waals surface area contributed by atoms with Gasteiger partial charge in [-0.3, -0.25) is 0 Å². The van der Waals surface area contributed by atoms with E-state index in [9.17, 15) is 8.42 Å². The molecule has 0 aliphatic heterocycles. The summed E-state index contributed by atoms with van der Waals surface area (Å²) in [4.78, 5) is 0. The Bertz CT molecular complexity index is 457. The van der Waals surface area contributed by atoms with Crippen LogP contribution < -0.4 is 0 Å². The third-order valence-electron chi connectivity index (χ3n) is 2.35. The second-order valence-electron chi connectivity index (χ2n) is 3.94. The van der Waals surface area contributed by atoms with Gasteiger partial charge < -0.3 is 5.11 Å². The molecule has 1 aromatic carbocycles. The molecule has 0 amide bonds. The van der Waals surface area contributed by atoms with Gasteiger partial charge in [0.05, 0.1) is 11.4 Å². The zero-order valence-corrected chi connectivity index (χ0v) is 11.0. The lowest BCUT2D eigenvalue weighted by molar-refractivity contribution is 0.283. The van der Waals surface area contributed by atoms with Crippen molar-refractivity contribution >= 4 is 15.7 Å². The minimum Gasteiger partial charge on any atom is -0.396 e. The molecule has 1 rings (SSSR count). The maximum absolute atomic E-state index is 11.5. The van der Waals surface area contributed by atoms with Crippen molar-refractivity contribution in [3.05, 3.63) is 30.3 Å². The molecule has 0 atom stereocenters. The lowest BCUT2D eigenvalue weighted by Crippen LogP contribution is -2.01. The monoisotopic (exact) mass is 270 g/mol. The first kappa shape index (κ1) is 14.8. The summed E-state index contributed by atoms with van der Waals surface area (Å²) in [6.45, 7) is 0.153. The zero-order valence-electron chi connectivity index (χ0n) is 10.2. The van der Waals surface area contributed by atoms with Gasteiger partial charge in [0.1, 0.15) is 0 Å². The first-order chi connectivity index (χ1) is 8.64. The summed E-state index contributed by atoms with van der Waals surface area (Å²) in [6.07, 6.45) is 2.88. The molecule has 1 N–H and O–H groups in total. The number of aliphatic hydroxyl groups excluding tert-OH is 1. The number of aliphatic hydroxyl groups is 1. The third kappa shape index (κ3) is 6.46. The second kappa shape index (κ2) is 7.94. The number of unbranched alkanes of at least 4 members (excludes halogenated alkanes) is 3. The predicted molar refractivity (Wildman–Crippen MR) is 70.3 cm³/mol. The molecule has 0 aliphatic carbocycles. The van der Waals surface area contributed by atoms with Crippen LogP contribution in [0.25, 0.3) is 0 Å². The first-order valence-corrected chi connectivity index (χ1v) is 7.56. The van der Waals surface area contributed by atoms with E-state index < -0.39 is 10.0 Å². The summed E-state index contributed by atoms with van der Waals surface area (Å²) >= 11 is 0. The van der Waals surface area contributed by atoms with E-state index in [2.05, 4.69) is 9.63 Å². The SMILES string of the molecule is O=S(=O)(CCCCCCO)N=Nc1ccccc1. The fourth-order valence-corrected chi connectivity index (χ4v) is 2.26. The van der Waals surface area contributed by atoms with Crippen LogP contribution >= 0.6 is 0 Å². The van der Waals surface area contributed by atoms with E-state index >= 15 is 0 Å². The molecule has 18 heavy (non-hydrogen) atoms. The summed E-state index contributed by atoms with van der Waals surface area (Å²) < 4.78 is 26.4. The second-order valence-corrected chi connectivity index (χ2v) is 5.68. The highest BCUT2D eigenvalue weighted by molar-refractivity contribution is 7.89. The number of hydrogen-bond acceptors (Lipinski definition) is 4. The Morgan fingerprint density at radius 3 is 2.33 bits per heavy atom. The van der Waals surface area contributed by atoms with E-state index in [1.807, 2.05) is 6.07 Å². The lowest BCUT2D eigenvalue weighted by atomic mass is 10.2. The van der Waals surface area contributed by atoms with Crippen LogP contribution in [0.15, 0.2) is 40.0 Å². The molecule has 0 radical (unpaired) electrons. The van der Waals surface area contributed by atoms with Crippen molar-refractivity contribution < 1.29 is 13.5 Å². The van der Waals surface area contributed by atoms with Crippen LogP contribution in [0.5, 0.6) is 0 Å². The molecule has 6 heteroatoms. The molecular weight excluding hydrogens is 252 g/mol. The standard InChI is InChI=1S/C12H18N2O3S/c15-10-6-1-2-7-11-18(16,17)14-13-12-8-4-3-5-9-12/h3-5,8-9,15H,1-2,6-7,10-11H2. The van der Waals surface area contributed by atoms with Crippen LogP contribution in [-0.4, -0.2) is 25.9 Å². The van der Waals surface area contributed by atoms with Crippen molar-refractivity contribution in [3.8, 4) is 0 Å². The largest absolute Gasteiger partial charge is 0.396 e. The van der Waals surface area contributed by atoms with E-state index in [4.69, 9.17) is 5.11 Å². The van der Waals surface area contributed by atoms with Crippen LogP contribution in [0.4, 0.5) is 5.69 Å². The average Bonchev–Trinajstić information content (AvgIpc) is 2.38. The first-order valence-electron chi connectivity index (χ1n) is 5.96. The number of benzene rings is 1. The van der Waals surface area contributed by atoms with E-state index in [1.165, 1.54) is 0 Å². The lowest BCUT2D eigenvalue weighted by Gasteiger charge is -1.98. The highest BCUT2D eigenvalue weighted by Crippen LogP contribution is 2.12. The molecule has 0 bridgehead atoms. The van der Waals surface area contributed by atoms with E-state index in [1.54, 1.807) is 24.3 Å². The van der Waals surface area contributed by atoms with Gasteiger partial charge in [-0.25, -0.2) is 8.42 Å². The zero-order chi connectivity index (χ0) is 13.3. The number of hydrogen-bond donors (Lipinski definition) is 1. The predicted octanol–water partition coefficient (Wildman–Crippen LogP) is 2.65. The van der Waals surface area contributed by atoms with Crippen LogP contribution in [0.1, 0.15) is 25.7 Å². The van der Waals surface area contributed by atoms with Crippen molar-refractivity contribution in [1.82, 2.24) is 0 Å². The number of rotatable bonds is 8. The molecule has 5 nitrogen and oxygen atoms in total. The fraction of sp³-hybridized carbons (Fsp3) is 0.500. The Morgan fingerprint density at radius 1 is 1.00 bits per heavy atom. The van der Waals surface area contributed by atoms with E-state index in [-0.39, 0.29) is 12.4 Å². The topological polar surface area (TPSA) is 79.1 Å². The molecule has 0 unspecified atom stereocenters. The van der Waals surface area contributed by atoms with Gasteiger partial charge in [0.2, 0.25) is 0 Å². The average molecular weight is 270 g/mol. The highest BCUT2D eigenvalue weighted by atomic mass is 32.2. The molecule has 0 aliphatic rings. The van der Waals surface area contributed by atoms with Gasteiger partial charge in [-0.15, -0.1) is 5.11 Å². The smallest absolute Gasteiger partial charge is 0.270 e.